The van der Waals surface area contributed by atoms with E-state index in [-0.39, 0.29) is 12.2 Å². The van der Waals surface area contributed by atoms with E-state index in [9.17, 15) is 15.2 Å². The lowest BCUT2D eigenvalue weighted by Gasteiger charge is -2.35. The maximum absolute atomic E-state index is 10.7. The molecule has 8 heteroatoms. The van der Waals surface area contributed by atoms with Gasteiger partial charge in [0.15, 0.2) is 0 Å². The fraction of sp³-hybridized carbons (Fsp3) is 0.471. The van der Waals surface area contributed by atoms with Gasteiger partial charge in [0.05, 0.1) is 17.6 Å². The summed E-state index contributed by atoms with van der Waals surface area (Å²) < 4.78 is 1.43. The third kappa shape index (κ3) is 5.09. The molecule has 1 aromatic heterocycles. The summed E-state index contributed by atoms with van der Waals surface area (Å²) in [5.74, 6) is 0. The molecule has 1 aromatic carbocycles. The minimum absolute atomic E-state index is 0.0540. The first-order valence-corrected chi connectivity index (χ1v) is 8.44. The molecule has 2 heterocycles. The number of nitrogens with zero attached hydrogens (tertiary/aromatic N) is 5. The van der Waals surface area contributed by atoms with E-state index in [2.05, 4.69) is 39.2 Å². The normalized spacial score (nSPS) is 17.5. The molecule has 1 atom stereocenters. The van der Waals surface area contributed by atoms with Crippen molar-refractivity contribution in [2.75, 3.05) is 32.7 Å². The highest BCUT2D eigenvalue weighted by Crippen LogP contribution is 2.11. The van der Waals surface area contributed by atoms with Gasteiger partial charge < -0.3 is 5.11 Å². The minimum atomic E-state index is -0.597. The second-order valence-corrected chi connectivity index (χ2v) is 6.39. The molecule has 0 radical (unpaired) electrons. The fourth-order valence-corrected chi connectivity index (χ4v) is 3.09. The molecule has 1 fully saturated rings. The van der Waals surface area contributed by atoms with Crippen LogP contribution in [0.3, 0.4) is 0 Å². The van der Waals surface area contributed by atoms with Crippen LogP contribution in [0.2, 0.25) is 0 Å². The second kappa shape index (κ2) is 8.19. The van der Waals surface area contributed by atoms with E-state index in [1.165, 1.54) is 22.6 Å². The lowest BCUT2D eigenvalue weighted by atomic mass is 10.2. The molecule has 1 aliphatic rings. The topological polar surface area (TPSA) is 87.7 Å². The smallest absolute Gasteiger partial charge is 0.306 e. The van der Waals surface area contributed by atoms with Crippen LogP contribution in [-0.2, 0) is 13.1 Å². The summed E-state index contributed by atoms with van der Waals surface area (Å²) in [5.41, 5.74) is 1.26. The standard InChI is InChI=1S/C17H23N5O3/c23-17(14-21-12-16(10-18-21)22(24)25)13-20-8-6-19(7-9-20)11-15-4-2-1-3-5-15/h1-5,10,12,17,23H,6-9,11,13-14H2. The highest BCUT2D eigenvalue weighted by molar-refractivity contribution is 5.20. The lowest BCUT2D eigenvalue weighted by Crippen LogP contribution is -2.48. The Hall–Kier alpha value is -2.29. The van der Waals surface area contributed by atoms with Gasteiger partial charge in [0.2, 0.25) is 0 Å². The monoisotopic (exact) mass is 345 g/mol. The van der Waals surface area contributed by atoms with Crippen molar-refractivity contribution in [1.82, 2.24) is 19.6 Å². The van der Waals surface area contributed by atoms with Crippen molar-refractivity contribution in [3.05, 3.63) is 58.4 Å². The van der Waals surface area contributed by atoms with Gasteiger partial charge >= 0.3 is 5.69 Å². The van der Waals surface area contributed by atoms with E-state index in [1.807, 2.05) is 6.07 Å². The van der Waals surface area contributed by atoms with Gasteiger partial charge in [-0.1, -0.05) is 30.3 Å². The first kappa shape index (κ1) is 17.5. The van der Waals surface area contributed by atoms with Gasteiger partial charge in [0.1, 0.15) is 12.4 Å². The molecule has 1 aliphatic heterocycles. The van der Waals surface area contributed by atoms with E-state index < -0.39 is 11.0 Å². The van der Waals surface area contributed by atoms with E-state index in [0.29, 0.717) is 6.54 Å². The first-order valence-electron chi connectivity index (χ1n) is 8.44. The molecule has 25 heavy (non-hydrogen) atoms. The first-order chi connectivity index (χ1) is 12.1. The molecule has 0 amide bonds. The lowest BCUT2D eigenvalue weighted by molar-refractivity contribution is -0.385. The van der Waals surface area contributed by atoms with E-state index >= 15 is 0 Å². The van der Waals surface area contributed by atoms with Crippen molar-refractivity contribution in [1.29, 1.82) is 0 Å². The predicted octanol–water partition coefficient (Wildman–Crippen LogP) is 0.970. The second-order valence-electron chi connectivity index (χ2n) is 6.39. The number of aliphatic hydroxyl groups is 1. The molecule has 0 spiro atoms. The van der Waals surface area contributed by atoms with Crippen LogP contribution >= 0.6 is 0 Å². The number of β-amino-alcohol motifs (C(OH)–C–C–N with tert-alkyl or cyclic N) is 1. The Kier molecular flexibility index (Phi) is 5.75. The Morgan fingerprint density at radius 2 is 1.80 bits per heavy atom. The number of rotatable bonds is 7. The van der Waals surface area contributed by atoms with Crippen LogP contribution in [0, 0.1) is 10.1 Å². The Morgan fingerprint density at radius 3 is 2.44 bits per heavy atom. The predicted molar refractivity (Wildman–Crippen MR) is 93.0 cm³/mol. The average molecular weight is 345 g/mol. The highest BCUT2D eigenvalue weighted by Gasteiger charge is 2.20. The number of nitro groups is 1. The summed E-state index contributed by atoms with van der Waals surface area (Å²) in [4.78, 5) is 14.8. The van der Waals surface area contributed by atoms with Crippen molar-refractivity contribution in [3.63, 3.8) is 0 Å². The minimum Gasteiger partial charge on any atom is -0.390 e. The molecule has 1 N–H and O–H groups in total. The zero-order valence-corrected chi connectivity index (χ0v) is 14.1. The summed E-state index contributed by atoms with van der Waals surface area (Å²) >= 11 is 0. The largest absolute Gasteiger partial charge is 0.390 e. The highest BCUT2D eigenvalue weighted by atomic mass is 16.6. The third-order valence-corrected chi connectivity index (χ3v) is 4.41. The molecule has 1 unspecified atom stereocenters. The molecule has 0 bridgehead atoms. The van der Waals surface area contributed by atoms with Crippen molar-refractivity contribution in [3.8, 4) is 0 Å². The Balaban J connectivity index is 1.41. The average Bonchev–Trinajstić information content (AvgIpc) is 3.06. The number of aromatic nitrogens is 2. The van der Waals surface area contributed by atoms with Crippen LogP contribution in [0.5, 0.6) is 0 Å². The Labute approximate surface area is 146 Å². The van der Waals surface area contributed by atoms with Crippen molar-refractivity contribution in [2.45, 2.75) is 19.2 Å². The SMILES string of the molecule is O=[N+]([O-])c1cnn(CC(O)CN2CCN(Cc3ccccc3)CC2)c1. The number of piperazine rings is 1. The van der Waals surface area contributed by atoms with Crippen molar-refractivity contribution >= 4 is 5.69 Å². The molecule has 0 saturated carbocycles. The third-order valence-electron chi connectivity index (χ3n) is 4.41. The molecule has 8 nitrogen and oxygen atoms in total. The van der Waals surface area contributed by atoms with Gasteiger partial charge in [-0.25, -0.2) is 0 Å². The summed E-state index contributed by atoms with van der Waals surface area (Å²) in [5, 5.41) is 24.8. The fourth-order valence-electron chi connectivity index (χ4n) is 3.09. The van der Waals surface area contributed by atoms with Gasteiger partial charge in [-0.3, -0.25) is 24.6 Å². The maximum atomic E-state index is 10.7. The summed E-state index contributed by atoms with van der Waals surface area (Å²) in [6.45, 7) is 5.51. The van der Waals surface area contributed by atoms with E-state index in [4.69, 9.17) is 0 Å². The van der Waals surface area contributed by atoms with Crippen LogP contribution in [0.25, 0.3) is 0 Å². The molecule has 2 aromatic rings. The van der Waals surface area contributed by atoms with Gasteiger partial charge in [-0.15, -0.1) is 0 Å². The van der Waals surface area contributed by atoms with Crippen molar-refractivity contribution < 1.29 is 10.0 Å². The number of benzene rings is 1. The quantitative estimate of drug-likeness (QED) is 0.594. The van der Waals surface area contributed by atoms with Crippen LogP contribution < -0.4 is 0 Å². The molecule has 1 saturated heterocycles. The van der Waals surface area contributed by atoms with Crippen molar-refractivity contribution in [2.24, 2.45) is 0 Å². The molecule has 3 rings (SSSR count). The van der Waals surface area contributed by atoms with E-state index in [0.717, 1.165) is 32.7 Å². The molecule has 134 valence electrons. The zero-order valence-electron chi connectivity index (χ0n) is 14.1. The Morgan fingerprint density at radius 1 is 1.12 bits per heavy atom. The molecular formula is C17H23N5O3. The van der Waals surface area contributed by atoms with Crippen LogP contribution in [0.4, 0.5) is 5.69 Å². The molecular weight excluding hydrogens is 322 g/mol. The Bertz CT molecular complexity index is 683. The summed E-state index contributed by atoms with van der Waals surface area (Å²) in [6, 6.07) is 10.4. The molecule has 0 aliphatic carbocycles. The van der Waals surface area contributed by atoms with Gasteiger partial charge in [0, 0.05) is 39.3 Å². The number of hydrogen-bond acceptors (Lipinski definition) is 6. The van der Waals surface area contributed by atoms with Gasteiger partial charge in [-0.2, -0.15) is 5.10 Å². The van der Waals surface area contributed by atoms with Gasteiger partial charge in [-0.05, 0) is 5.56 Å². The van der Waals surface area contributed by atoms with Crippen LogP contribution in [0.15, 0.2) is 42.7 Å². The maximum Gasteiger partial charge on any atom is 0.306 e. The number of hydrogen-bond donors (Lipinski definition) is 1. The van der Waals surface area contributed by atoms with Gasteiger partial charge in [0.25, 0.3) is 0 Å². The van der Waals surface area contributed by atoms with Crippen LogP contribution in [-0.4, -0.2) is 68.4 Å². The van der Waals surface area contributed by atoms with E-state index in [1.54, 1.807) is 0 Å². The summed E-state index contributed by atoms with van der Waals surface area (Å²) in [7, 11) is 0. The summed E-state index contributed by atoms with van der Waals surface area (Å²) in [6.07, 6.45) is 1.95. The van der Waals surface area contributed by atoms with Crippen LogP contribution in [0.1, 0.15) is 5.56 Å². The zero-order chi connectivity index (χ0) is 17.6. The number of aliphatic hydroxyl groups excluding tert-OH is 1.